The molecule has 0 amide bonds. The van der Waals surface area contributed by atoms with E-state index >= 15 is 0 Å². The first kappa shape index (κ1) is 22.4. The van der Waals surface area contributed by atoms with Crippen LogP contribution in [0.5, 0.6) is 0 Å². The van der Waals surface area contributed by atoms with Crippen LogP contribution in [0.25, 0.3) is 0 Å². The van der Waals surface area contributed by atoms with Crippen molar-refractivity contribution in [3.8, 4) is 0 Å². The van der Waals surface area contributed by atoms with Crippen molar-refractivity contribution in [2.24, 2.45) is 0 Å². The Labute approximate surface area is 143 Å². The third kappa shape index (κ3) is 19.3. The van der Waals surface area contributed by atoms with E-state index in [1.54, 1.807) is 0 Å². The highest BCUT2D eigenvalue weighted by molar-refractivity contribution is 5.67. The molecule has 0 aliphatic heterocycles. The van der Waals surface area contributed by atoms with Crippen molar-refractivity contribution < 1.29 is 9.90 Å². The van der Waals surface area contributed by atoms with E-state index in [1.165, 1.54) is 64.2 Å². The average molecular weight is 329 g/mol. The number of carboxylic acid groups (broad SMARTS) is 1. The topological polar surface area (TPSA) is 61.4 Å². The summed E-state index contributed by atoms with van der Waals surface area (Å²) in [5.41, 5.74) is 0. The molecule has 0 saturated heterocycles. The van der Waals surface area contributed by atoms with Gasteiger partial charge in [0, 0.05) is 6.04 Å². The van der Waals surface area contributed by atoms with Crippen LogP contribution >= 0.6 is 0 Å². The highest BCUT2D eigenvalue weighted by Gasteiger charge is 2.05. The molecule has 3 N–H and O–H groups in total. The van der Waals surface area contributed by atoms with Crippen molar-refractivity contribution >= 4 is 5.97 Å². The van der Waals surface area contributed by atoms with Crippen molar-refractivity contribution in [1.82, 2.24) is 10.6 Å². The quantitative estimate of drug-likeness (QED) is 0.328. The van der Waals surface area contributed by atoms with E-state index < -0.39 is 5.97 Å². The largest absolute Gasteiger partial charge is 0.481 e. The number of hydrogen-bond donors (Lipinski definition) is 3. The highest BCUT2D eigenvalue weighted by Crippen LogP contribution is 2.10. The molecule has 0 heterocycles. The van der Waals surface area contributed by atoms with E-state index in [-0.39, 0.29) is 12.5 Å². The SMILES string of the molecule is CCCCCCCCCCCCNCCCN[C@@H](C)CC(=O)O. The second-order valence-electron chi connectivity index (χ2n) is 6.74. The van der Waals surface area contributed by atoms with Crippen LogP contribution in [0.3, 0.4) is 0 Å². The van der Waals surface area contributed by atoms with Crippen LogP contribution in [0.1, 0.15) is 90.9 Å². The molecule has 0 rings (SSSR count). The smallest absolute Gasteiger partial charge is 0.304 e. The fourth-order valence-electron chi connectivity index (χ4n) is 2.76. The molecule has 0 unspecified atom stereocenters. The van der Waals surface area contributed by atoms with Crippen LogP contribution < -0.4 is 10.6 Å². The van der Waals surface area contributed by atoms with Gasteiger partial charge in [-0.3, -0.25) is 4.79 Å². The third-order valence-electron chi connectivity index (χ3n) is 4.21. The maximum absolute atomic E-state index is 10.5. The van der Waals surface area contributed by atoms with Crippen molar-refractivity contribution in [1.29, 1.82) is 0 Å². The summed E-state index contributed by atoms with van der Waals surface area (Å²) >= 11 is 0. The predicted octanol–water partition coefficient (Wildman–Crippen LogP) is 4.34. The average Bonchev–Trinajstić information content (AvgIpc) is 2.50. The molecule has 138 valence electrons. The zero-order chi connectivity index (χ0) is 17.2. The molecule has 0 aliphatic rings. The fourth-order valence-corrected chi connectivity index (χ4v) is 2.76. The maximum Gasteiger partial charge on any atom is 0.304 e. The molecule has 4 nitrogen and oxygen atoms in total. The Balaban J connectivity index is 3.06. The first-order valence-electron chi connectivity index (χ1n) is 9.82. The van der Waals surface area contributed by atoms with Crippen LogP contribution in [0.2, 0.25) is 0 Å². The number of carboxylic acids is 1. The van der Waals surface area contributed by atoms with Gasteiger partial charge in [0.15, 0.2) is 0 Å². The zero-order valence-corrected chi connectivity index (χ0v) is 15.5. The van der Waals surface area contributed by atoms with Crippen LogP contribution in [0, 0.1) is 0 Å². The Kier molecular flexibility index (Phi) is 17.3. The predicted molar refractivity (Wildman–Crippen MR) is 99.0 cm³/mol. The van der Waals surface area contributed by atoms with Crippen LogP contribution in [-0.2, 0) is 4.79 Å². The van der Waals surface area contributed by atoms with E-state index in [1.807, 2.05) is 6.92 Å². The summed E-state index contributed by atoms with van der Waals surface area (Å²) in [5.74, 6) is -0.732. The Hall–Kier alpha value is -0.610. The van der Waals surface area contributed by atoms with Gasteiger partial charge in [-0.1, -0.05) is 64.7 Å². The molecular formula is C19H40N2O2. The van der Waals surface area contributed by atoms with Gasteiger partial charge >= 0.3 is 5.97 Å². The van der Waals surface area contributed by atoms with E-state index in [2.05, 4.69) is 17.6 Å². The molecule has 0 spiro atoms. The molecule has 0 aromatic heterocycles. The Morgan fingerprint density at radius 3 is 1.91 bits per heavy atom. The minimum atomic E-state index is -0.732. The zero-order valence-electron chi connectivity index (χ0n) is 15.5. The molecule has 0 aliphatic carbocycles. The molecule has 0 aromatic carbocycles. The summed E-state index contributed by atoms with van der Waals surface area (Å²) in [6.07, 6.45) is 15.1. The van der Waals surface area contributed by atoms with Gasteiger partial charge < -0.3 is 15.7 Å². The van der Waals surface area contributed by atoms with Gasteiger partial charge in [-0.25, -0.2) is 0 Å². The second kappa shape index (κ2) is 17.7. The molecule has 4 heteroatoms. The lowest BCUT2D eigenvalue weighted by Gasteiger charge is -2.11. The highest BCUT2D eigenvalue weighted by atomic mass is 16.4. The molecule has 0 fully saturated rings. The van der Waals surface area contributed by atoms with Gasteiger partial charge in [0.1, 0.15) is 0 Å². The van der Waals surface area contributed by atoms with Crippen LogP contribution in [0.4, 0.5) is 0 Å². The molecule has 1 atom stereocenters. The summed E-state index contributed by atoms with van der Waals surface area (Å²) in [4.78, 5) is 10.5. The Morgan fingerprint density at radius 1 is 0.826 bits per heavy atom. The second-order valence-corrected chi connectivity index (χ2v) is 6.74. The normalized spacial score (nSPS) is 12.4. The van der Waals surface area contributed by atoms with Crippen molar-refractivity contribution in [3.63, 3.8) is 0 Å². The van der Waals surface area contributed by atoms with Gasteiger partial charge in [-0.2, -0.15) is 0 Å². The minimum Gasteiger partial charge on any atom is -0.481 e. The lowest BCUT2D eigenvalue weighted by atomic mass is 10.1. The van der Waals surface area contributed by atoms with E-state index in [9.17, 15) is 4.79 Å². The number of unbranched alkanes of at least 4 members (excludes halogenated alkanes) is 9. The van der Waals surface area contributed by atoms with Crippen molar-refractivity contribution in [3.05, 3.63) is 0 Å². The number of hydrogen-bond acceptors (Lipinski definition) is 3. The van der Waals surface area contributed by atoms with Gasteiger partial charge in [0.25, 0.3) is 0 Å². The molecule has 0 aromatic rings. The molecule has 0 bridgehead atoms. The summed E-state index contributed by atoms with van der Waals surface area (Å²) in [7, 11) is 0. The molecule has 0 saturated carbocycles. The molecule has 23 heavy (non-hydrogen) atoms. The monoisotopic (exact) mass is 328 g/mol. The third-order valence-corrected chi connectivity index (χ3v) is 4.21. The van der Waals surface area contributed by atoms with Crippen LogP contribution in [-0.4, -0.2) is 36.8 Å². The Morgan fingerprint density at radius 2 is 1.35 bits per heavy atom. The van der Waals surface area contributed by atoms with Crippen molar-refractivity contribution in [2.75, 3.05) is 19.6 Å². The van der Waals surface area contributed by atoms with E-state index in [0.29, 0.717) is 0 Å². The van der Waals surface area contributed by atoms with Crippen LogP contribution in [0.15, 0.2) is 0 Å². The van der Waals surface area contributed by atoms with Gasteiger partial charge in [0.05, 0.1) is 6.42 Å². The van der Waals surface area contributed by atoms with Gasteiger partial charge in [0.2, 0.25) is 0 Å². The number of rotatable bonds is 18. The summed E-state index contributed by atoms with van der Waals surface area (Å²) in [6.45, 7) is 7.21. The lowest BCUT2D eigenvalue weighted by molar-refractivity contribution is -0.137. The number of aliphatic carboxylic acids is 1. The standard InChI is InChI=1S/C19H40N2O2/c1-3-4-5-6-7-8-9-10-11-12-14-20-15-13-16-21-18(2)17-19(22)23/h18,20-21H,3-17H2,1-2H3,(H,22,23)/t18-/m0/s1. The van der Waals surface area contributed by atoms with Crippen molar-refractivity contribution in [2.45, 2.75) is 96.9 Å². The van der Waals surface area contributed by atoms with Gasteiger partial charge in [-0.15, -0.1) is 0 Å². The lowest BCUT2D eigenvalue weighted by Crippen LogP contribution is -2.31. The molecule has 0 radical (unpaired) electrons. The summed E-state index contributed by atoms with van der Waals surface area (Å²) < 4.78 is 0. The number of nitrogens with one attached hydrogen (secondary N) is 2. The summed E-state index contributed by atoms with van der Waals surface area (Å²) in [5, 5.41) is 15.4. The van der Waals surface area contributed by atoms with E-state index in [0.717, 1.165) is 26.1 Å². The first-order valence-corrected chi connectivity index (χ1v) is 9.82. The minimum absolute atomic E-state index is 0.0643. The molecular weight excluding hydrogens is 288 g/mol. The maximum atomic E-state index is 10.5. The fraction of sp³-hybridized carbons (Fsp3) is 0.947. The Bertz CT molecular complexity index is 260. The van der Waals surface area contributed by atoms with Gasteiger partial charge in [-0.05, 0) is 39.4 Å². The first-order chi connectivity index (χ1) is 11.2. The van der Waals surface area contributed by atoms with E-state index in [4.69, 9.17) is 5.11 Å². The summed E-state index contributed by atoms with van der Waals surface area (Å²) in [6, 6.07) is 0.0643. The number of carbonyl (C=O) groups is 1.